The molecule has 1 aliphatic heterocycles. The van der Waals surface area contributed by atoms with E-state index in [0.29, 0.717) is 13.2 Å². The van der Waals surface area contributed by atoms with Gasteiger partial charge in [0.25, 0.3) is 0 Å². The number of pyridine rings is 1. The van der Waals surface area contributed by atoms with Gasteiger partial charge in [-0.15, -0.1) is 0 Å². The van der Waals surface area contributed by atoms with E-state index < -0.39 is 0 Å². The van der Waals surface area contributed by atoms with E-state index in [1.54, 1.807) is 6.20 Å². The molecule has 128 valence electrons. The van der Waals surface area contributed by atoms with Crippen LogP contribution >= 0.6 is 0 Å². The van der Waals surface area contributed by atoms with E-state index >= 15 is 0 Å². The smallest absolute Gasteiger partial charge is 0.226 e. The zero-order valence-corrected chi connectivity index (χ0v) is 14.5. The Morgan fingerprint density at radius 2 is 2.25 bits per heavy atom. The van der Waals surface area contributed by atoms with Crippen LogP contribution in [0.3, 0.4) is 0 Å². The molecule has 0 aromatic carbocycles. The van der Waals surface area contributed by atoms with Crippen LogP contribution in [0.25, 0.3) is 0 Å². The normalized spacial score (nSPS) is 20.8. The molecule has 1 amide bonds. The summed E-state index contributed by atoms with van der Waals surface area (Å²) in [5.41, 5.74) is 3.17. The average molecular weight is 328 g/mol. The van der Waals surface area contributed by atoms with Crippen LogP contribution in [0.2, 0.25) is 0 Å². The van der Waals surface area contributed by atoms with Crippen LogP contribution < -0.4 is 5.32 Å². The highest BCUT2D eigenvalue weighted by atomic mass is 16.5. The fourth-order valence-electron chi connectivity index (χ4n) is 3.18. The zero-order chi connectivity index (χ0) is 17.1. The zero-order valence-electron chi connectivity index (χ0n) is 14.5. The summed E-state index contributed by atoms with van der Waals surface area (Å²) in [6.07, 6.45) is 6.88. The van der Waals surface area contributed by atoms with Crippen molar-refractivity contribution in [2.45, 2.75) is 39.3 Å². The molecular weight excluding hydrogens is 304 g/mol. The van der Waals surface area contributed by atoms with Crippen LogP contribution in [-0.4, -0.2) is 27.0 Å². The number of imidazole rings is 1. The van der Waals surface area contributed by atoms with Crippen LogP contribution in [0.1, 0.15) is 41.6 Å². The summed E-state index contributed by atoms with van der Waals surface area (Å²) in [5.74, 6) is 0.615. The summed E-state index contributed by atoms with van der Waals surface area (Å²) < 4.78 is 7.79. The van der Waals surface area contributed by atoms with Crippen molar-refractivity contribution in [3.8, 4) is 0 Å². The fraction of sp³-hybridized carbons (Fsp3) is 0.500. The Morgan fingerprint density at radius 1 is 1.42 bits per heavy atom. The summed E-state index contributed by atoms with van der Waals surface area (Å²) in [6.45, 7) is 5.16. The highest BCUT2D eigenvalue weighted by molar-refractivity contribution is 5.79. The Kier molecular flexibility index (Phi) is 4.94. The number of carbonyl (C=O) groups is 1. The molecular formula is C18H24N4O2. The van der Waals surface area contributed by atoms with Crippen molar-refractivity contribution < 1.29 is 9.53 Å². The molecule has 3 heterocycles. The van der Waals surface area contributed by atoms with Crippen molar-refractivity contribution in [1.29, 1.82) is 0 Å². The van der Waals surface area contributed by atoms with Gasteiger partial charge in [0.2, 0.25) is 5.91 Å². The van der Waals surface area contributed by atoms with E-state index in [0.717, 1.165) is 35.5 Å². The topological polar surface area (TPSA) is 69.0 Å². The first kappa shape index (κ1) is 16.6. The van der Waals surface area contributed by atoms with Crippen molar-refractivity contribution in [3.63, 3.8) is 0 Å². The molecule has 1 saturated heterocycles. The van der Waals surface area contributed by atoms with Gasteiger partial charge in [-0.1, -0.05) is 0 Å². The minimum atomic E-state index is -0.281. The molecule has 0 saturated carbocycles. The predicted molar refractivity (Wildman–Crippen MR) is 90.2 cm³/mol. The molecule has 0 unspecified atom stereocenters. The molecule has 0 bridgehead atoms. The number of rotatable bonds is 4. The van der Waals surface area contributed by atoms with Crippen molar-refractivity contribution in [1.82, 2.24) is 19.9 Å². The number of carbonyl (C=O) groups excluding carboxylic acids is 1. The van der Waals surface area contributed by atoms with Gasteiger partial charge >= 0.3 is 0 Å². The summed E-state index contributed by atoms with van der Waals surface area (Å²) in [5, 5.41) is 3.04. The number of aromatic nitrogens is 3. The van der Waals surface area contributed by atoms with Gasteiger partial charge < -0.3 is 14.6 Å². The highest BCUT2D eigenvalue weighted by Gasteiger charge is 2.35. The number of nitrogens with one attached hydrogen (secondary N) is 1. The minimum Gasteiger partial charge on any atom is -0.369 e. The van der Waals surface area contributed by atoms with Gasteiger partial charge in [-0.2, -0.15) is 0 Å². The lowest BCUT2D eigenvalue weighted by Gasteiger charge is -2.30. The number of aryl methyl sites for hydroxylation is 3. The summed E-state index contributed by atoms with van der Waals surface area (Å²) >= 11 is 0. The van der Waals surface area contributed by atoms with Gasteiger partial charge in [0.1, 0.15) is 11.9 Å². The molecule has 0 aliphatic carbocycles. The maximum Gasteiger partial charge on any atom is 0.226 e. The van der Waals surface area contributed by atoms with E-state index in [1.807, 2.05) is 43.9 Å². The Hall–Kier alpha value is -2.21. The molecule has 2 atom stereocenters. The quantitative estimate of drug-likeness (QED) is 0.934. The SMILES string of the molecule is Cc1cc(C)c(CNC(=O)[C@@H]2CCCO[C@H]2c2nccn2C)cn1. The van der Waals surface area contributed by atoms with Crippen LogP contribution in [0.4, 0.5) is 0 Å². The number of hydrogen-bond donors (Lipinski definition) is 1. The van der Waals surface area contributed by atoms with Crippen molar-refractivity contribution in [2.24, 2.45) is 13.0 Å². The minimum absolute atomic E-state index is 0.0164. The van der Waals surface area contributed by atoms with Gasteiger partial charge in [0, 0.05) is 44.5 Å². The predicted octanol–water partition coefficient (Wildman–Crippen LogP) is 2.22. The van der Waals surface area contributed by atoms with Gasteiger partial charge in [-0.05, 0) is 43.9 Å². The van der Waals surface area contributed by atoms with E-state index in [4.69, 9.17) is 4.74 Å². The Balaban J connectivity index is 1.69. The molecule has 6 heteroatoms. The monoisotopic (exact) mass is 328 g/mol. The summed E-state index contributed by atoms with van der Waals surface area (Å²) in [7, 11) is 1.93. The lowest BCUT2D eigenvalue weighted by Crippen LogP contribution is -2.38. The molecule has 6 nitrogen and oxygen atoms in total. The Morgan fingerprint density at radius 3 is 2.96 bits per heavy atom. The Bertz CT molecular complexity index is 726. The fourth-order valence-corrected chi connectivity index (χ4v) is 3.18. The number of nitrogens with zero attached hydrogens (tertiary/aromatic N) is 3. The first-order chi connectivity index (χ1) is 11.6. The molecule has 0 spiro atoms. The maximum absolute atomic E-state index is 12.7. The van der Waals surface area contributed by atoms with Crippen LogP contribution in [0.15, 0.2) is 24.7 Å². The highest BCUT2D eigenvalue weighted by Crippen LogP contribution is 2.32. The Labute approximate surface area is 142 Å². The first-order valence-corrected chi connectivity index (χ1v) is 8.35. The third-order valence-electron chi connectivity index (χ3n) is 4.58. The average Bonchev–Trinajstić information content (AvgIpc) is 2.99. The second-order valence-electron chi connectivity index (χ2n) is 6.41. The third kappa shape index (κ3) is 3.48. The largest absolute Gasteiger partial charge is 0.369 e. The number of ether oxygens (including phenoxy) is 1. The summed E-state index contributed by atoms with van der Waals surface area (Å²) in [6, 6.07) is 2.03. The molecule has 2 aromatic heterocycles. The van der Waals surface area contributed by atoms with Crippen molar-refractivity contribution in [2.75, 3.05) is 6.61 Å². The van der Waals surface area contributed by atoms with Crippen LogP contribution in [0, 0.1) is 19.8 Å². The maximum atomic E-state index is 12.7. The number of amides is 1. The molecule has 0 radical (unpaired) electrons. The van der Waals surface area contributed by atoms with Gasteiger partial charge in [-0.3, -0.25) is 9.78 Å². The second-order valence-corrected chi connectivity index (χ2v) is 6.41. The van der Waals surface area contributed by atoms with Gasteiger partial charge in [-0.25, -0.2) is 4.98 Å². The number of hydrogen-bond acceptors (Lipinski definition) is 4. The third-order valence-corrected chi connectivity index (χ3v) is 4.58. The van der Waals surface area contributed by atoms with E-state index in [-0.39, 0.29) is 17.9 Å². The van der Waals surface area contributed by atoms with E-state index in [9.17, 15) is 4.79 Å². The second kappa shape index (κ2) is 7.13. The van der Waals surface area contributed by atoms with Crippen LogP contribution in [-0.2, 0) is 23.1 Å². The molecule has 1 N–H and O–H groups in total. The lowest BCUT2D eigenvalue weighted by atomic mass is 9.92. The van der Waals surface area contributed by atoms with Crippen molar-refractivity contribution in [3.05, 3.63) is 47.3 Å². The van der Waals surface area contributed by atoms with Gasteiger partial charge in [0.05, 0.1) is 5.92 Å². The van der Waals surface area contributed by atoms with Gasteiger partial charge in [0.15, 0.2) is 0 Å². The first-order valence-electron chi connectivity index (χ1n) is 8.35. The lowest BCUT2D eigenvalue weighted by molar-refractivity contribution is -0.135. The molecule has 1 aliphatic rings. The van der Waals surface area contributed by atoms with Crippen LogP contribution in [0.5, 0.6) is 0 Å². The molecule has 24 heavy (non-hydrogen) atoms. The molecule has 2 aromatic rings. The van der Waals surface area contributed by atoms with E-state index in [2.05, 4.69) is 15.3 Å². The molecule has 1 fully saturated rings. The standard InChI is InChI=1S/C18H24N4O2/c1-12-9-13(2)20-10-14(12)11-21-18(23)15-5-4-8-24-16(15)17-19-6-7-22(17)3/h6-7,9-10,15-16H,4-5,8,11H2,1-3H3,(H,21,23)/t15-,16-/m1/s1. The summed E-state index contributed by atoms with van der Waals surface area (Å²) in [4.78, 5) is 21.4. The van der Waals surface area contributed by atoms with E-state index in [1.165, 1.54) is 0 Å². The van der Waals surface area contributed by atoms with Crippen molar-refractivity contribution >= 4 is 5.91 Å². The molecule has 3 rings (SSSR count).